The summed E-state index contributed by atoms with van der Waals surface area (Å²) < 4.78 is 42.4. The summed E-state index contributed by atoms with van der Waals surface area (Å²) in [5, 5.41) is 12.4. The summed E-state index contributed by atoms with van der Waals surface area (Å²) in [6.45, 7) is 10.8. The van der Waals surface area contributed by atoms with E-state index in [-0.39, 0.29) is 29.8 Å². The number of nitrogens with one attached hydrogen (secondary N) is 1. The molecule has 1 aliphatic carbocycles. The van der Waals surface area contributed by atoms with Crippen LogP contribution >= 0.6 is 0 Å². The Bertz CT molecular complexity index is 2590. The van der Waals surface area contributed by atoms with Gasteiger partial charge >= 0.3 is 0 Å². The number of azide groups is 2. The molecule has 4 aromatic carbocycles. The van der Waals surface area contributed by atoms with E-state index in [0.29, 0.717) is 50.9 Å². The molecule has 0 spiro atoms. The van der Waals surface area contributed by atoms with E-state index in [1.165, 1.54) is 17.2 Å². The van der Waals surface area contributed by atoms with Crippen molar-refractivity contribution < 1.29 is 17.4 Å². The zero-order chi connectivity index (χ0) is 39.3. The van der Waals surface area contributed by atoms with Crippen molar-refractivity contribution in [3.05, 3.63) is 146 Å². The monoisotopic (exact) mass is 754 g/mol. The van der Waals surface area contributed by atoms with Gasteiger partial charge in [-0.3, -0.25) is 4.55 Å². The summed E-state index contributed by atoms with van der Waals surface area (Å²) in [4.78, 5) is 10.7. The lowest BCUT2D eigenvalue weighted by atomic mass is 9.92. The van der Waals surface area contributed by atoms with Gasteiger partial charge in [-0.25, -0.2) is 4.99 Å². The second-order valence-corrected chi connectivity index (χ2v) is 15.3. The first kappa shape index (κ1) is 38.6. The summed E-state index contributed by atoms with van der Waals surface area (Å²) in [6.07, 6.45) is 0.663. The summed E-state index contributed by atoms with van der Waals surface area (Å²) in [5.41, 5.74) is 26.7. The van der Waals surface area contributed by atoms with E-state index < -0.39 is 16.0 Å². The molecule has 2 aliphatic rings. The maximum absolute atomic E-state index is 12.7. The quantitative estimate of drug-likeness (QED) is 0.0389. The Balaban J connectivity index is 1.62. The first-order valence-corrected chi connectivity index (χ1v) is 19.5. The number of anilines is 2. The molecule has 0 atom stereocenters. The molecular weight excluding hydrogens is 713 g/mol. The number of fused-ring (bicyclic) bond motifs is 2. The molecule has 0 aromatic heterocycles. The van der Waals surface area contributed by atoms with Crippen molar-refractivity contribution in [1.29, 1.82) is 0 Å². The summed E-state index contributed by atoms with van der Waals surface area (Å²) in [6, 6.07) is 29.7. The molecular formula is C42H42N8O4S. The van der Waals surface area contributed by atoms with Crippen LogP contribution in [0.2, 0.25) is 0 Å². The standard InChI is InChI=1S/C42H42N8O4S/c1-6-27-11-9-15-33(28(23-45-49-43)24-46-50-44)41(27)47-29-17-19-34-37(21-29)54-38-22-30(48-42-31(25(2)3)13-10-14-32(42)26(4)5)18-20-35(38)40(34)36-12-7-8-16-39(36)55(51,52)53/h7-22,25-26,28,48H,6,23-24H2,1-5H3,(H,51,52,53)/b47-29-. The van der Waals surface area contributed by atoms with Crippen molar-refractivity contribution in [2.75, 3.05) is 18.4 Å². The molecule has 0 saturated carbocycles. The average molecular weight is 755 g/mol. The molecule has 0 bridgehead atoms. The zero-order valence-electron chi connectivity index (χ0n) is 31.3. The SMILES string of the molecule is CCc1cccc(C(CN=[N+]=[N-])CN=[N+]=[N-])c1/N=c1/ccc2c(-c3ccccc3S(=O)(=O)O)c3ccc(Nc4c(C(C)C)cccc4C(C)C)cc3oc-2c1. The molecule has 0 saturated heterocycles. The van der Waals surface area contributed by atoms with Gasteiger partial charge in [-0.2, -0.15) is 8.42 Å². The van der Waals surface area contributed by atoms with Gasteiger partial charge in [0, 0.05) is 68.5 Å². The highest BCUT2D eigenvalue weighted by Crippen LogP contribution is 2.44. The van der Waals surface area contributed by atoms with Crippen molar-refractivity contribution in [2.45, 2.75) is 63.7 Å². The van der Waals surface area contributed by atoms with Gasteiger partial charge in [0.25, 0.3) is 10.1 Å². The molecule has 1 aliphatic heterocycles. The smallest absolute Gasteiger partial charge is 0.295 e. The van der Waals surface area contributed by atoms with Crippen LogP contribution in [0.25, 0.3) is 54.3 Å². The molecule has 55 heavy (non-hydrogen) atoms. The Morgan fingerprint density at radius 3 is 2.07 bits per heavy atom. The summed E-state index contributed by atoms with van der Waals surface area (Å²) >= 11 is 0. The molecule has 0 amide bonds. The van der Waals surface area contributed by atoms with Gasteiger partial charge in [0.1, 0.15) is 16.2 Å². The Hall–Kier alpha value is -6.10. The highest BCUT2D eigenvalue weighted by Gasteiger charge is 2.24. The minimum atomic E-state index is -4.60. The molecule has 280 valence electrons. The number of hydrogen-bond acceptors (Lipinski definition) is 7. The predicted octanol–water partition coefficient (Wildman–Crippen LogP) is 11.9. The van der Waals surface area contributed by atoms with Gasteiger partial charge in [-0.15, -0.1) is 0 Å². The van der Waals surface area contributed by atoms with E-state index in [1.807, 2.05) is 55.5 Å². The second kappa shape index (κ2) is 16.5. The fourth-order valence-electron chi connectivity index (χ4n) is 7.07. The van der Waals surface area contributed by atoms with Crippen LogP contribution in [0.1, 0.15) is 74.6 Å². The fourth-order valence-corrected chi connectivity index (χ4v) is 7.77. The summed E-state index contributed by atoms with van der Waals surface area (Å²) in [7, 11) is -4.60. The number of nitrogens with zero attached hydrogens (tertiary/aromatic N) is 7. The fraction of sp³-hybridized carbons (Fsp3) is 0.262. The van der Waals surface area contributed by atoms with Crippen LogP contribution in [-0.4, -0.2) is 26.1 Å². The van der Waals surface area contributed by atoms with E-state index in [9.17, 15) is 13.0 Å². The van der Waals surface area contributed by atoms with Gasteiger partial charge in [0.15, 0.2) is 0 Å². The number of benzene rings is 5. The minimum Gasteiger partial charge on any atom is -0.456 e. The molecule has 2 N–H and O–H groups in total. The third-order valence-corrected chi connectivity index (χ3v) is 10.6. The van der Waals surface area contributed by atoms with E-state index in [4.69, 9.17) is 20.5 Å². The maximum Gasteiger partial charge on any atom is 0.295 e. The molecule has 12 nitrogen and oxygen atoms in total. The van der Waals surface area contributed by atoms with Gasteiger partial charge in [0.2, 0.25) is 0 Å². The van der Waals surface area contributed by atoms with E-state index in [2.05, 4.69) is 71.3 Å². The second-order valence-electron chi connectivity index (χ2n) is 13.9. The van der Waals surface area contributed by atoms with Gasteiger partial charge < -0.3 is 9.73 Å². The minimum absolute atomic E-state index is 0.0808. The van der Waals surface area contributed by atoms with Crippen LogP contribution in [0, 0.1) is 0 Å². The lowest BCUT2D eigenvalue weighted by Crippen LogP contribution is -2.09. The first-order valence-electron chi connectivity index (χ1n) is 18.1. The van der Waals surface area contributed by atoms with Crippen LogP contribution in [0.15, 0.2) is 122 Å². The Morgan fingerprint density at radius 2 is 1.44 bits per heavy atom. The molecule has 0 unspecified atom stereocenters. The van der Waals surface area contributed by atoms with Crippen molar-refractivity contribution in [1.82, 2.24) is 0 Å². The molecule has 0 fully saturated rings. The van der Waals surface area contributed by atoms with Crippen LogP contribution in [0.5, 0.6) is 0 Å². The maximum atomic E-state index is 12.7. The van der Waals surface area contributed by atoms with Crippen LogP contribution in [0.3, 0.4) is 0 Å². The van der Waals surface area contributed by atoms with E-state index in [1.54, 1.807) is 24.3 Å². The number of rotatable bonds is 13. The van der Waals surface area contributed by atoms with Crippen LogP contribution in [-0.2, 0) is 16.5 Å². The molecule has 6 rings (SSSR count). The lowest BCUT2D eigenvalue weighted by molar-refractivity contribution is 0.483. The third-order valence-electron chi connectivity index (χ3n) is 9.72. The van der Waals surface area contributed by atoms with E-state index >= 15 is 0 Å². The lowest BCUT2D eigenvalue weighted by Gasteiger charge is -2.22. The number of aryl methyl sites for hydroxylation is 1. The highest BCUT2D eigenvalue weighted by molar-refractivity contribution is 7.86. The number of para-hydroxylation sites is 2. The Kier molecular flexibility index (Phi) is 11.6. The van der Waals surface area contributed by atoms with Gasteiger partial charge in [-0.1, -0.05) is 99.4 Å². The average Bonchev–Trinajstić information content (AvgIpc) is 3.16. The van der Waals surface area contributed by atoms with Gasteiger partial charge in [-0.05, 0) is 87.8 Å². The largest absolute Gasteiger partial charge is 0.456 e. The van der Waals surface area contributed by atoms with Crippen molar-refractivity contribution in [3.8, 4) is 22.5 Å². The summed E-state index contributed by atoms with van der Waals surface area (Å²) in [5.74, 6) is 0.574. The molecule has 13 heteroatoms. The van der Waals surface area contributed by atoms with Crippen molar-refractivity contribution in [3.63, 3.8) is 0 Å². The number of hydrogen-bond donors (Lipinski definition) is 2. The van der Waals surface area contributed by atoms with E-state index in [0.717, 1.165) is 22.5 Å². The topological polar surface area (TPSA) is 189 Å². The Morgan fingerprint density at radius 1 is 0.782 bits per heavy atom. The Labute approximate surface area is 319 Å². The first-order chi connectivity index (χ1) is 26.4. The zero-order valence-corrected chi connectivity index (χ0v) is 32.1. The normalized spacial score (nSPS) is 12.5. The molecule has 1 heterocycles. The predicted molar refractivity (Wildman–Crippen MR) is 218 cm³/mol. The van der Waals surface area contributed by atoms with Gasteiger partial charge in [0.05, 0.1) is 11.0 Å². The molecule has 4 aromatic rings. The van der Waals surface area contributed by atoms with Crippen molar-refractivity contribution in [2.24, 2.45) is 15.2 Å². The third kappa shape index (κ3) is 8.21. The molecule has 0 radical (unpaired) electrons. The van der Waals surface area contributed by atoms with Crippen molar-refractivity contribution >= 4 is 38.1 Å². The van der Waals surface area contributed by atoms with Crippen LogP contribution in [0.4, 0.5) is 17.1 Å². The van der Waals surface area contributed by atoms with Crippen LogP contribution < -0.4 is 10.7 Å². The highest BCUT2D eigenvalue weighted by atomic mass is 32.2.